The number of hydrogen-bond donors (Lipinski definition) is 1. The highest BCUT2D eigenvalue weighted by Crippen LogP contribution is 2.50. The summed E-state index contributed by atoms with van der Waals surface area (Å²) in [4.78, 5) is 11.5. The molecule has 2 saturated carbocycles. The van der Waals surface area contributed by atoms with Crippen LogP contribution in [0.15, 0.2) is 11.6 Å². The van der Waals surface area contributed by atoms with Crippen molar-refractivity contribution in [2.24, 2.45) is 17.1 Å². The monoisotopic (exact) mass is 235 g/mol. The summed E-state index contributed by atoms with van der Waals surface area (Å²) < 4.78 is 0. The predicted octanol–water partition coefficient (Wildman–Crippen LogP) is 3.21. The predicted molar refractivity (Wildman–Crippen MR) is 70.7 cm³/mol. The van der Waals surface area contributed by atoms with E-state index in [9.17, 15) is 4.79 Å². The summed E-state index contributed by atoms with van der Waals surface area (Å²) >= 11 is 0. The molecule has 0 aromatic rings. The van der Waals surface area contributed by atoms with Gasteiger partial charge >= 0.3 is 0 Å². The Morgan fingerprint density at radius 3 is 2.71 bits per heavy atom. The van der Waals surface area contributed by atoms with E-state index in [0.29, 0.717) is 5.78 Å². The maximum absolute atomic E-state index is 11.5. The molecule has 2 N–H and O–H groups in total. The van der Waals surface area contributed by atoms with E-state index in [1.165, 1.54) is 25.7 Å². The molecule has 2 heteroatoms. The zero-order valence-electron chi connectivity index (χ0n) is 11.2. The Morgan fingerprint density at radius 1 is 1.59 bits per heavy atom. The fourth-order valence-corrected chi connectivity index (χ4v) is 3.20. The molecule has 2 aliphatic rings. The Bertz CT molecular complexity index is 328. The van der Waals surface area contributed by atoms with Gasteiger partial charge in [0.25, 0.3) is 0 Å². The molecule has 0 amide bonds. The summed E-state index contributed by atoms with van der Waals surface area (Å²) in [6.45, 7) is 3.85. The highest BCUT2D eigenvalue weighted by atomic mass is 16.1. The van der Waals surface area contributed by atoms with E-state index in [4.69, 9.17) is 5.73 Å². The quantitative estimate of drug-likeness (QED) is 0.718. The molecule has 2 atom stereocenters. The van der Waals surface area contributed by atoms with Crippen LogP contribution in [0.25, 0.3) is 0 Å². The number of rotatable bonds is 6. The molecule has 0 saturated heterocycles. The number of carbonyl (C=O) groups excluding carboxylic acids is 1. The van der Waals surface area contributed by atoms with Gasteiger partial charge < -0.3 is 5.73 Å². The first-order chi connectivity index (χ1) is 8.10. The van der Waals surface area contributed by atoms with Crippen molar-refractivity contribution in [2.75, 3.05) is 0 Å². The lowest BCUT2D eigenvalue weighted by Gasteiger charge is -2.30. The minimum Gasteiger partial charge on any atom is -0.327 e. The topological polar surface area (TPSA) is 43.1 Å². The zero-order chi connectivity index (χ0) is 12.5. The fourth-order valence-electron chi connectivity index (χ4n) is 3.20. The average Bonchev–Trinajstić information content (AvgIpc) is 3.04. The van der Waals surface area contributed by atoms with Crippen LogP contribution in [-0.2, 0) is 4.79 Å². The van der Waals surface area contributed by atoms with Crippen LogP contribution in [0.4, 0.5) is 0 Å². The molecule has 0 heterocycles. The third-order valence-corrected chi connectivity index (χ3v) is 4.94. The van der Waals surface area contributed by atoms with Crippen LogP contribution < -0.4 is 5.73 Å². The van der Waals surface area contributed by atoms with E-state index in [1.807, 2.05) is 0 Å². The van der Waals surface area contributed by atoms with Crippen LogP contribution in [0.5, 0.6) is 0 Å². The number of hydrogen-bond acceptors (Lipinski definition) is 2. The van der Waals surface area contributed by atoms with Crippen molar-refractivity contribution in [1.82, 2.24) is 0 Å². The minimum absolute atomic E-state index is 0.106. The van der Waals surface area contributed by atoms with Gasteiger partial charge in [-0.1, -0.05) is 18.1 Å². The second-order valence-corrected chi connectivity index (χ2v) is 5.85. The molecular weight excluding hydrogens is 210 g/mol. The van der Waals surface area contributed by atoms with E-state index >= 15 is 0 Å². The van der Waals surface area contributed by atoms with E-state index in [1.54, 1.807) is 12.5 Å². The lowest BCUT2D eigenvalue weighted by atomic mass is 9.75. The second-order valence-electron chi connectivity index (χ2n) is 5.85. The molecule has 2 unspecified atom stereocenters. The van der Waals surface area contributed by atoms with Gasteiger partial charge in [0.1, 0.15) is 5.78 Å². The molecule has 0 bridgehead atoms. The fraction of sp³-hybridized carbons (Fsp3) is 0.800. The molecule has 0 aromatic carbocycles. The number of carbonyl (C=O) groups is 1. The van der Waals surface area contributed by atoms with Crippen LogP contribution in [0.2, 0.25) is 0 Å². The highest BCUT2D eigenvalue weighted by molar-refractivity contribution is 5.85. The van der Waals surface area contributed by atoms with Crippen molar-refractivity contribution in [3.8, 4) is 0 Å². The first-order valence-corrected chi connectivity index (χ1v) is 7.02. The van der Waals surface area contributed by atoms with Crippen molar-refractivity contribution in [3.63, 3.8) is 0 Å². The summed E-state index contributed by atoms with van der Waals surface area (Å²) in [5.74, 6) is 1.13. The second kappa shape index (κ2) is 4.93. The maximum Gasteiger partial charge on any atom is 0.137 e. The van der Waals surface area contributed by atoms with Crippen LogP contribution in [0.1, 0.15) is 58.8 Å². The molecule has 2 rings (SSSR count). The third kappa shape index (κ3) is 2.47. The van der Waals surface area contributed by atoms with Gasteiger partial charge in [0.2, 0.25) is 0 Å². The number of ketones is 1. The number of allylic oxidation sites excluding steroid dienone is 2. The first kappa shape index (κ1) is 12.8. The molecular formula is C15H25NO. The summed E-state index contributed by atoms with van der Waals surface area (Å²) in [5, 5.41) is 0. The van der Waals surface area contributed by atoms with Crippen molar-refractivity contribution in [3.05, 3.63) is 11.6 Å². The maximum atomic E-state index is 11.5. The smallest absolute Gasteiger partial charge is 0.137 e. The Morgan fingerprint density at radius 2 is 2.29 bits per heavy atom. The van der Waals surface area contributed by atoms with Crippen molar-refractivity contribution in [2.45, 2.75) is 64.8 Å². The normalized spacial score (nSPS) is 29.8. The SMILES string of the molecule is C/C=C1\CCC1CCCC(N)C1(C(C)=O)CC1. The van der Waals surface area contributed by atoms with Crippen molar-refractivity contribution < 1.29 is 4.79 Å². The van der Waals surface area contributed by atoms with E-state index in [-0.39, 0.29) is 11.5 Å². The molecule has 2 aliphatic carbocycles. The van der Waals surface area contributed by atoms with Gasteiger partial charge in [-0.3, -0.25) is 4.79 Å². The number of nitrogens with two attached hydrogens (primary N) is 1. The van der Waals surface area contributed by atoms with Crippen molar-refractivity contribution in [1.29, 1.82) is 0 Å². The van der Waals surface area contributed by atoms with Gasteiger partial charge in [-0.25, -0.2) is 0 Å². The van der Waals surface area contributed by atoms with Crippen LogP contribution in [-0.4, -0.2) is 11.8 Å². The van der Waals surface area contributed by atoms with Gasteiger partial charge in [-0.15, -0.1) is 0 Å². The number of Topliss-reactive ketones (excluding diaryl/α,β-unsaturated/α-hetero) is 1. The Balaban J connectivity index is 1.71. The lowest BCUT2D eigenvalue weighted by Crippen LogP contribution is -2.36. The molecule has 0 radical (unpaired) electrons. The standard InChI is InChI=1S/C15H25NO/c1-3-12-7-8-13(12)5-4-6-14(16)15(9-10-15)11(2)17/h3,13-14H,4-10,16H2,1-2H3/b12-3+. The van der Waals surface area contributed by atoms with Gasteiger partial charge in [0.05, 0.1) is 0 Å². The molecule has 0 spiro atoms. The van der Waals surface area contributed by atoms with E-state index < -0.39 is 0 Å². The summed E-state index contributed by atoms with van der Waals surface area (Å²) in [7, 11) is 0. The van der Waals surface area contributed by atoms with Crippen LogP contribution in [0.3, 0.4) is 0 Å². The summed E-state index contributed by atoms with van der Waals surface area (Å²) in [6, 6.07) is 0.106. The summed E-state index contributed by atoms with van der Waals surface area (Å²) in [6.07, 6.45) is 10.4. The average molecular weight is 235 g/mol. The van der Waals surface area contributed by atoms with Gasteiger partial charge in [-0.2, -0.15) is 0 Å². The molecule has 96 valence electrons. The Kier molecular flexibility index (Phi) is 3.72. The minimum atomic E-state index is -0.122. The van der Waals surface area contributed by atoms with Crippen LogP contribution in [0, 0.1) is 11.3 Å². The Hall–Kier alpha value is -0.630. The first-order valence-electron chi connectivity index (χ1n) is 7.02. The zero-order valence-corrected chi connectivity index (χ0v) is 11.2. The van der Waals surface area contributed by atoms with Gasteiger partial charge in [-0.05, 0) is 58.3 Å². The highest BCUT2D eigenvalue weighted by Gasteiger charge is 2.51. The molecule has 17 heavy (non-hydrogen) atoms. The van der Waals surface area contributed by atoms with Crippen molar-refractivity contribution >= 4 is 5.78 Å². The molecule has 2 fully saturated rings. The molecule has 2 nitrogen and oxygen atoms in total. The largest absolute Gasteiger partial charge is 0.327 e. The van der Waals surface area contributed by atoms with Crippen LogP contribution >= 0.6 is 0 Å². The van der Waals surface area contributed by atoms with E-state index in [2.05, 4.69) is 13.0 Å². The molecule has 0 aliphatic heterocycles. The van der Waals surface area contributed by atoms with E-state index in [0.717, 1.165) is 25.2 Å². The Labute approximate surface area is 105 Å². The third-order valence-electron chi connectivity index (χ3n) is 4.94. The molecule has 0 aromatic heterocycles. The summed E-state index contributed by atoms with van der Waals surface area (Å²) in [5.41, 5.74) is 7.70. The van der Waals surface area contributed by atoms with Gasteiger partial charge in [0.15, 0.2) is 0 Å². The lowest BCUT2D eigenvalue weighted by molar-refractivity contribution is -0.122. The van der Waals surface area contributed by atoms with Gasteiger partial charge in [0, 0.05) is 11.5 Å².